The Labute approximate surface area is 194 Å². The van der Waals surface area contributed by atoms with E-state index in [1.54, 1.807) is 0 Å². The van der Waals surface area contributed by atoms with Crippen molar-refractivity contribution in [1.82, 2.24) is 0 Å². The first-order chi connectivity index (χ1) is 12.1. The number of hydrogen-bond acceptors (Lipinski definition) is 0. The molecule has 3 aromatic carbocycles. The molecule has 0 radical (unpaired) electrons. The third-order valence-electron chi connectivity index (χ3n) is 6.23. The van der Waals surface area contributed by atoms with Crippen LogP contribution in [0.2, 0.25) is 0 Å². The minimum atomic E-state index is 0. The van der Waals surface area contributed by atoms with E-state index < -0.39 is 0 Å². The number of hydrogen-bond donors (Lipinski definition) is 0. The van der Waals surface area contributed by atoms with E-state index in [1.807, 2.05) is 30.3 Å². The zero-order valence-electron chi connectivity index (χ0n) is 19.3. The first kappa shape index (κ1) is 29.1. The van der Waals surface area contributed by atoms with Crippen LogP contribution in [0.15, 0.2) is 30.3 Å². The predicted molar refractivity (Wildman–Crippen MR) is 117 cm³/mol. The number of rotatable bonds is 0. The van der Waals surface area contributed by atoms with Crippen LogP contribution in [0.5, 0.6) is 0 Å². The second-order valence-corrected chi connectivity index (χ2v) is 7.33. The van der Waals surface area contributed by atoms with Crippen molar-refractivity contribution in [1.29, 1.82) is 0 Å². The van der Waals surface area contributed by atoms with Gasteiger partial charge in [-0.1, -0.05) is 69.2 Å². The fourth-order valence-electron chi connectivity index (χ4n) is 3.15. The molecule has 0 unspecified atom stereocenters. The number of halogens is 1. The summed E-state index contributed by atoms with van der Waals surface area (Å²) in [6, 6.07) is 12.5. The Morgan fingerprint density at radius 2 is 0.786 bits per heavy atom. The van der Waals surface area contributed by atoms with Gasteiger partial charge in [-0.05, 0) is 0 Å². The summed E-state index contributed by atoms with van der Waals surface area (Å²) in [5.41, 5.74) is 14.7. The second kappa shape index (κ2) is 13.2. The van der Waals surface area contributed by atoms with Crippen LogP contribution < -0.4 is 12.4 Å². The molecule has 0 saturated carbocycles. The first-order valence-corrected chi connectivity index (χ1v) is 9.41. The van der Waals surface area contributed by atoms with Crippen LogP contribution in [0.3, 0.4) is 0 Å². The Morgan fingerprint density at radius 3 is 0.857 bits per heavy atom. The van der Waals surface area contributed by atoms with Gasteiger partial charge < -0.3 is 12.4 Å². The molecule has 28 heavy (non-hydrogen) atoms. The summed E-state index contributed by atoms with van der Waals surface area (Å²) < 4.78 is 0. The van der Waals surface area contributed by atoms with Crippen molar-refractivity contribution < 1.29 is 34.1 Å². The van der Waals surface area contributed by atoms with Gasteiger partial charge in [0.2, 0.25) is 0 Å². The van der Waals surface area contributed by atoms with Gasteiger partial charge in [0, 0.05) is 0 Å². The minimum Gasteiger partial charge on any atom is -1.00 e. The molecular weight excluding hydrogens is 396 g/mol. The molecule has 0 saturated heterocycles. The van der Waals surface area contributed by atoms with Crippen molar-refractivity contribution in [2.24, 2.45) is 0 Å². The zero-order valence-corrected chi connectivity index (χ0v) is 21.6. The zero-order chi connectivity index (χ0) is 20.0. The number of benzene rings is 1. The summed E-state index contributed by atoms with van der Waals surface area (Å²) >= 11 is 0. The maximum absolute atomic E-state index is 2.89. The van der Waals surface area contributed by atoms with Gasteiger partial charge >= 0.3 is 21.7 Å². The quantitative estimate of drug-likeness (QED) is 0.367. The van der Waals surface area contributed by atoms with Crippen molar-refractivity contribution in [3.63, 3.8) is 0 Å². The summed E-state index contributed by atoms with van der Waals surface area (Å²) in [6.07, 6.45) is 0. The Kier molecular flexibility index (Phi) is 13.7. The SMILES string of the molecule is Cc1c(C)c(C)[c-](C)c1C.Cc1c(C)c(C)[c-](C)c1C.[Cl-].[Ti+4].[c-]1ccccc1. The molecule has 0 heterocycles. The molecule has 0 amide bonds. The van der Waals surface area contributed by atoms with E-state index in [4.69, 9.17) is 0 Å². The summed E-state index contributed by atoms with van der Waals surface area (Å²) in [5.74, 6) is 0. The Balaban J connectivity index is 0. The van der Waals surface area contributed by atoms with Gasteiger partial charge in [0.05, 0.1) is 0 Å². The van der Waals surface area contributed by atoms with Gasteiger partial charge in [-0.2, -0.15) is 92.0 Å². The van der Waals surface area contributed by atoms with Crippen molar-refractivity contribution >= 4 is 0 Å². The normalized spacial score (nSPS) is 9.21. The molecule has 0 N–H and O–H groups in total. The predicted octanol–water partition coefficient (Wildman–Crippen LogP) is 4.38. The molecule has 0 aromatic heterocycles. The first-order valence-electron chi connectivity index (χ1n) is 9.41. The van der Waals surface area contributed by atoms with E-state index in [1.165, 1.54) is 55.6 Å². The molecule has 3 aromatic rings. The Bertz CT molecular complexity index is 592. The maximum atomic E-state index is 2.89. The van der Waals surface area contributed by atoms with Gasteiger partial charge in [-0.3, -0.25) is 0 Å². The van der Waals surface area contributed by atoms with Crippen molar-refractivity contribution in [3.8, 4) is 0 Å². The van der Waals surface area contributed by atoms with Crippen molar-refractivity contribution in [3.05, 3.63) is 92.0 Å². The van der Waals surface area contributed by atoms with Crippen LogP contribution in [0.4, 0.5) is 0 Å². The van der Waals surface area contributed by atoms with Crippen LogP contribution in [0, 0.1) is 75.3 Å². The third kappa shape index (κ3) is 7.07. The van der Waals surface area contributed by atoms with E-state index in [0.717, 1.165) is 0 Å². The molecule has 150 valence electrons. The molecule has 0 aliphatic carbocycles. The summed E-state index contributed by atoms with van der Waals surface area (Å²) in [6.45, 7) is 22.0. The second-order valence-electron chi connectivity index (χ2n) is 7.33. The molecule has 0 spiro atoms. The molecular formula is C26H35ClTi. The monoisotopic (exact) mass is 430 g/mol. The average molecular weight is 431 g/mol. The molecule has 0 aliphatic rings. The van der Waals surface area contributed by atoms with E-state index >= 15 is 0 Å². The van der Waals surface area contributed by atoms with Crippen molar-refractivity contribution in [2.45, 2.75) is 69.2 Å². The third-order valence-corrected chi connectivity index (χ3v) is 6.23. The van der Waals surface area contributed by atoms with Gasteiger partial charge in [-0.15, -0.1) is 0 Å². The summed E-state index contributed by atoms with van der Waals surface area (Å²) in [5, 5.41) is 0. The van der Waals surface area contributed by atoms with Crippen LogP contribution in [0.25, 0.3) is 0 Å². The van der Waals surface area contributed by atoms with Crippen LogP contribution >= 0.6 is 0 Å². The van der Waals surface area contributed by atoms with Gasteiger partial charge in [-0.25, -0.2) is 0 Å². The minimum absolute atomic E-state index is 0. The molecule has 2 heteroatoms. The van der Waals surface area contributed by atoms with Gasteiger partial charge in [0.25, 0.3) is 0 Å². The molecule has 3 rings (SSSR count). The van der Waals surface area contributed by atoms with E-state index in [0.29, 0.717) is 0 Å². The van der Waals surface area contributed by atoms with E-state index in [9.17, 15) is 0 Å². The van der Waals surface area contributed by atoms with Crippen LogP contribution in [0.1, 0.15) is 55.6 Å². The Hall–Kier alpha value is -1.08. The van der Waals surface area contributed by atoms with E-state index in [2.05, 4.69) is 75.3 Å². The largest absolute Gasteiger partial charge is 4.00 e. The summed E-state index contributed by atoms with van der Waals surface area (Å²) in [7, 11) is 0. The van der Waals surface area contributed by atoms with Gasteiger partial charge in [0.1, 0.15) is 0 Å². The molecule has 0 nitrogen and oxygen atoms in total. The van der Waals surface area contributed by atoms with Gasteiger partial charge in [0.15, 0.2) is 0 Å². The Morgan fingerprint density at radius 1 is 0.536 bits per heavy atom. The smallest absolute Gasteiger partial charge is 1.00 e. The summed E-state index contributed by atoms with van der Waals surface area (Å²) in [4.78, 5) is 0. The molecule has 0 fully saturated rings. The fraction of sp³-hybridized carbons (Fsp3) is 0.385. The standard InChI is InChI=1S/2C10H15.C6H5.ClH.Ti/c2*1-6-7(2)9(4)10(5)8(6)3;1-2-4-6-5-3-1;;/h2*1-5H3;1-5H;1H;/q3*-1;;+4/p-1. The maximum Gasteiger partial charge on any atom is 4.00 e. The molecule has 0 atom stereocenters. The van der Waals surface area contributed by atoms with E-state index in [-0.39, 0.29) is 34.1 Å². The van der Waals surface area contributed by atoms with Crippen molar-refractivity contribution in [2.75, 3.05) is 0 Å². The van der Waals surface area contributed by atoms with Crippen LogP contribution in [-0.2, 0) is 21.7 Å². The molecule has 0 bridgehead atoms. The molecule has 0 aliphatic heterocycles. The fourth-order valence-corrected chi connectivity index (χ4v) is 3.15. The topological polar surface area (TPSA) is 0 Å². The average Bonchev–Trinajstić information content (AvgIpc) is 2.94. The van der Waals surface area contributed by atoms with Crippen LogP contribution in [-0.4, -0.2) is 0 Å².